The Hall–Kier alpha value is -0.650. The first kappa shape index (κ1) is 11.4. The van der Waals surface area contributed by atoms with Crippen LogP contribution in [0.1, 0.15) is 11.7 Å². The highest BCUT2D eigenvalue weighted by Gasteiger charge is 2.21. The molecule has 0 fully saturated rings. The van der Waals surface area contributed by atoms with Crippen molar-refractivity contribution in [3.8, 4) is 5.75 Å². The van der Waals surface area contributed by atoms with E-state index in [0.29, 0.717) is 0 Å². The molecule has 0 aliphatic heterocycles. The van der Waals surface area contributed by atoms with Crippen molar-refractivity contribution in [1.82, 2.24) is 0 Å². The predicted molar refractivity (Wildman–Crippen MR) is 52.8 cm³/mol. The average Bonchev–Trinajstić information content (AvgIpc) is 2.20. The predicted octanol–water partition coefficient (Wildman–Crippen LogP) is 1.32. The van der Waals surface area contributed by atoms with E-state index in [0.717, 1.165) is 6.07 Å². The molecule has 3 N–H and O–H groups in total. The van der Waals surface area contributed by atoms with Crippen LogP contribution in [0.2, 0.25) is 0 Å². The molecular formula is C9H10BrFO3. The van der Waals surface area contributed by atoms with Crippen LogP contribution in [-0.4, -0.2) is 26.8 Å². The summed E-state index contributed by atoms with van der Waals surface area (Å²) in [4.78, 5) is 0. The summed E-state index contributed by atoms with van der Waals surface area (Å²) < 4.78 is 12.9. The summed E-state index contributed by atoms with van der Waals surface area (Å²) in [5.74, 6) is -1.44. The molecule has 0 saturated heterocycles. The maximum absolute atomic E-state index is 12.9. The highest BCUT2D eigenvalue weighted by Crippen LogP contribution is 2.29. The van der Waals surface area contributed by atoms with Crippen molar-refractivity contribution in [2.45, 2.75) is 12.2 Å². The van der Waals surface area contributed by atoms with E-state index in [-0.39, 0.29) is 10.9 Å². The summed E-state index contributed by atoms with van der Waals surface area (Å²) in [5.41, 5.74) is -0.0167. The molecule has 1 rings (SSSR count). The third kappa shape index (κ3) is 2.23. The van der Waals surface area contributed by atoms with Crippen molar-refractivity contribution in [2.24, 2.45) is 0 Å². The van der Waals surface area contributed by atoms with Gasteiger partial charge in [0.25, 0.3) is 0 Å². The Balaban J connectivity index is 3.01. The zero-order valence-corrected chi connectivity index (χ0v) is 8.78. The number of hydrogen-bond donors (Lipinski definition) is 3. The van der Waals surface area contributed by atoms with Crippen LogP contribution < -0.4 is 0 Å². The maximum atomic E-state index is 12.9. The lowest BCUT2D eigenvalue weighted by atomic mass is 10.0. The van der Waals surface area contributed by atoms with Crippen molar-refractivity contribution >= 4 is 15.9 Å². The first-order valence-corrected chi connectivity index (χ1v) is 5.09. The molecule has 0 aliphatic carbocycles. The second kappa shape index (κ2) is 4.72. The lowest BCUT2D eigenvalue weighted by Crippen LogP contribution is -2.19. The summed E-state index contributed by atoms with van der Waals surface area (Å²) in [6, 6.07) is 3.79. The van der Waals surface area contributed by atoms with Gasteiger partial charge in [0.1, 0.15) is 6.10 Å². The molecule has 0 amide bonds. The zero-order chi connectivity index (χ0) is 10.7. The van der Waals surface area contributed by atoms with E-state index in [1.807, 2.05) is 0 Å². The molecule has 0 aromatic heterocycles. The van der Waals surface area contributed by atoms with Gasteiger partial charge in [0.2, 0.25) is 0 Å². The molecule has 0 bridgehead atoms. The average molecular weight is 265 g/mol. The van der Waals surface area contributed by atoms with E-state index in [2.05, 4.69) is 15.9 Å². The quantitative estimate of drug-likeness (QED) is 0.722. The van der Waals surface area contributed by atoms with Gasteiger partial charge in [-0.2, -0.15) is 0 Å². The van der Waals surface area contributed by atoms with Gasteiger partial charge >= 0.3 is 0 Å². The highest BCUT2D eigenvalue weighted by molar-refractivity contribution is 9.09. The summed E-state index contributed by atoms with van der Waals surface area (Å²) in [6.07, 6.45) is -2.38. The lowest BCUT2D eigenvalue weighted by molar-refractivity contribution is 0.0325. The van der Waals surface area contributed by atoms with E-state index in [1.54, 1.807) is 0 Å². The first-order valence-electron chi connectivity index (χ1n) is 3.97. The Bertz CT molecular complexity index is 319. The van der Waals surface area contributed by atoms with Crippen molar-refractivity contribution < 1.29 is 19.7 Å². The van der Waals surface area contributed by atoms with Gasteiger partial charge in [-0.1, -0.05) is 28.1 Å². The summed E-state index contributed by atoms with van der Waals surface area (Å²) >= 11 is 2.97. The fourth-order valence-electron chi connectivity index (χ4n) is 1.06. The van der Waals surface area contributed by atoms with E-state index in [4.69, 9.17) is 0 Å². The number of benzene rings is 1. The van der Waals surface area contributed by atoms with Crippen molar-refractivity contribution in [3.05, 3.63) is 29.6 Å². The van der Waals surface area contributed by atoms with Gasteiger partial charge in [-0.25, -0.2) is 4.39 Å². The van der Waals surface area contributed by atoms with Gasteiger partial charge in [0, 0.05) is 10.9 Å². The minimum Gasteiger partial charge on any atom is -0.505 e. The van der Waals surface area contributed by atoms with Crippen LogP contribution in [0, 0.1) is 5.82 Å². The minimum absolute atomic E-state index is 0.0167. The number of aliphatic hydroxyl groups is 2. The second-order valence-corrected chi connectivity index (χ2v) is 3.49. The van der Waals surface area contributed by atoms with Crippen LogP contribution in [-0.2, 0) is 0 Å². The number of phenolic OH excluding ortho intramolecular Hbond substituents is 1. The van der Waals surface area contributed by atoms with Crippen molar-refractivity contribution in [3.63, 3.8) is 0 Å². The van der Waals surface area contributed by atoms with Gasteiger partial charge in [0.05, 0.1) is 6.10 Å². The molecule has 0 aliphatic rings. The largest absolute Gasteiger partial charge is 0.505 e. The molecule has 3 nitrogen and oxygen atoms in total. The molecule has 2 unspecified atom stereocenters. The van der Waals surface area contributed by atoms with Gasteiger partial charge in [-0.3, -0.25) is 0 Å². The Kier molecular flexibility index (Phi) is 3.86. The van der Waals surface area contributed by atoms with Crippen LogP contribution in [0.5, 0.6) is 5.75 Å². The number of alkyl halides is 1. The standard InChI is InChI=1S/C9H10BrFO3/c10-4-7(12)9(14)5-2-1-3-6(11)8(5)13/h1-3,7,9,12-14H,4H2. The fourth-order valence-corrected chi connectivity index (χ4v) is 1.42. The first-order chi connectivity index (χ1) is 6.57. The molecular weight excluding hydrogens is 255 g/mol. The molecule has 78 valence electrons. The number of aliphatic hydroxyl groups excluding tert-OH is 2. The highest BCUT2D eigenvalue weighted by atomic mass is 79.9. The van der Waals surface area contributed by atoms with Gasteiger partial charge in [-0.05, 0) is 6.07 Å². The molecule has 5 heteroatoms. The molecule has 0 saturated carbocycles. The van der Waals surface area contributed by atoms with Crippen LogP contribution in [0.25, 0.3) is 0 Å². The molecule has 1 aromatic carbocycles. The second-order valence-electron chi connectivity index (χ2n) is 2.84. The Labute approximate surface area is 88.9 Å². The van der Waals surface area contributed by atoms with E-state index < -0.39 is 23.8 Å². The third-order valence-electron chi connectivity index (χ3n) is 1.86. The number of phenols is 1. The van der Waals surface area contributed by atoms with Crippen molar-refractivity contribution in [2.75, 3.05) is 5.33 Å². The third-order valence-corrected chi connectivity index (χ3v) is 2.52. The normalized spacial score (nSPS) is 15.1. The number of rotatable bonds is 3. The molecule has 1 aromatic rings. The molecule has 0 spiro atoms. The lowest BCUT2D eigenvalue weighted by Gasteiger charge is -2.16. The minimum atomic E-state index is -1.30. The van der Waals surface area contributed by atoms with Crippen LogP contribution in [0.4, 0.5) is 4.39 Å². The van der Waals surface area contributed by atoms with E-state index >= 15 is 0 Å². The number of aromatic hydroxyl groups is 1. The summed E-state index contributed by atoms with van der Waals surface area (Å²) in [7, 11) is 0. The van der Waals surface area contributed by atoms with Crippen molar-refractivity contribution in [1.29, 1.82) is 0 Å². The Morgan fingerprint density at radius 1 is 1.36 bits per heavy atom. The fraction of sp³-hybridized carbons (Fsp3) is 0.333. The summed E-state index contributed by atoms with van der Waals surface area (Å²) in [5, 5.41) is 28.1. The van der Waals surface area contributed by atoms with Gasteiger partial charge in [0.15, 0.2) is 11.6 Å². The number of hydrogen-bond acceptors (Lipinski definition) is 3. The molecule has 0 heterocycles. The maximum Gasteiger partial charge on any atom is 0.165 e. The van der Waals surface area contributed by atoms with Crippen LogP contribution in [0.15, 0.2) is 18.2 Å². The zero-order valence-electron chi connectivity index (χ0n) is 7.19. The molecule has 0 radical (unpaired) electrons. The van der Waals surface area contributed by atoms with Gasteiger partial charge in [-0.15, -0.1) is 0 Å². The number of para-hydroxylation sites is 1. The van der Waals surface area contributed by atoms with Gasteiger partial charge < -0.3 is 15.3 Å². The summed E-state index contributed by atoms with van der Waals surface area (Å²) in [6.45, 7) is 0. The SMILES string of the molecule is Oc1c(F)cccc1C(O)C(O)CBr. The van der Waals surface area contributed by atoms with Crippen LogP contribution >= 0.6 is 15.9 Å². The smallest absolute Gasteiger partial charge is 0.165 e. The number of halogens is 2. The Morgan fingerprint density at radius 2 is 2.00 bits per heavy atom. The van der Waals surface area contributed by atoms with Crippen LogP contribution in [0.3, 0.4) is 0 Å². The van der Waals surface area contributed by atoms with E-state index in [1.165, 1.54) is 12.1 Å². The topological polar surface area (TPSA) is 60.7 Å². The Morgan fingerprint density at radius 3 is 2.57 bits per heavy atom. The monoisotopic (exact) mass is 264 g/mol. The molecule has 14 heavy (non-hydrogen) atoms. The van der Waals surface area contributed by atoms with E-state index in [9.17, 15) is 19.7 Å². The molecule has 2 atom stereocenters.